The van der Waals surface area contributed by atoms with Gasteiger partial charge in [-0.15, -0.1) is 0 Å². The van der Waals surface area contributed by atoms with Crippen molar-refractivity contribution in [3.8, 4) is 5.75 Å². The Labute approximate surface area is 165 Å². The number of benzene rings is 1. The van der Waals surface area contributed by atoms with Gasteiger partial charge in [-0.3, -0.25) is 14.3 Å². The van der Waals surface area contributed by atoms with Crippen LogP contribution in [0.25, 0.3) is 0 Å². The molecule has 156 valence electrons. The summed E-state index contributed by atoms with van der Waals surface area (Å²) in [5.74, 6) is -1.32. The van der Waals surface area contributed by atoms with E-state index in [1.165, 1.54) is 13.2 Å². The molecule has 0 atom stereocenters. The summed E-state index contributed by atoms with van der Waals surface area (Å²) in [6.07, 6.45) is 2.15. The molecule has 28 heavy (non-hydrogen) atoms. The fraction of sp³-hybridized carbons (Fsp3) is 0.579. The van der Waals surface area contributed by atoms with Gasteiger partial charge in [0.05, 0.1) is 25.8 Å². The van der Waals surface area contributed by atoms with E-state index < -0.39 is 33.3 Å². The number of sulfonamides is 1. The number of methoxy groups -OCH3 is 1. The zero-order chi connectivity index (χ0) is 20.9. The Kier molecular flexibility index (Phi) is 6.92. The molecule has 0 aromatic heterocycles. The second-order valence-electron chi connectivity index (χ2n) is 7.79. The lowest BCUT2D eigenvalue weighted by Gasteiger charge is -2.20. The number of ether oxygens (including phenoxy) is 3. The van der Waals surface area contributed by atoms with Crippen molar-refractivity contribution in [2.75, 3.05) is 24.2 Å². The van der Waals surface area contributed by atoms with Crippen LogP contribution in [0.2, 0.25) is 0 Å². The van der Waals surface area contributed by atoms with Crippen LogP contribution < -0.4 is 9.46 Å². The third kappa shape index (κ3) is 7.75. The molecule has 1 aromatic rings. The lowest BCUT2D eigenvalue weighted by Crippen LogP contribution is -2.31. The zero-order valence-corrected chi connectivity index (χ0v) is 17.4. The number of hydrogen-bond acceptors (Lipinski definition) is 7. The van der Waals surface area contributed by atoms with E-state index >= 15 is 0 Å². The number of anilines is 1. The number of rotatable bonds is 9. The highest BCUT2D eigenvalue weighted by Crippen LogP contribution is 2.33. The van der Waals surface area contributed by atoms with E-state index in [1.807, 2.05) is 0 Å². The van der Waals surface area contributed by atoms with Crippen LogP contribution in [0.15, 0.2) is 18.2 Å². The fourth-order valence-corrected chi connectivity index (χ4v) is 3.29. The lowest BCUT2D eigenvalue weighted by molar-refractivity contribution is -0.151. The van der Waals surface area contributed by atoms with Crippen molar-refractivity contribution < 1.29 is 32.2 Å². The molecule has 0 amide bonds. The van der Waals surface area contributed by atoms with Crippen molar-refractivity contribution in [3.63, 3.8) is 0 Å². The molecule has 8 nitrogen and oxygen atoms in total. The van der Waals surface area contributed by atoms with Crippen LogP contribution in [-0.4, -0.2) is 45.4 Å². The summed E-state index contributed by atoms with van der Waals surface area (Å²) in [5, 5.41) is 0. The molecular formula is C19H27NO7S. The standard InChI is InChI=1S/C19H27NO7S/c1-19(2,3)27-18(22)12-28(23,24)20-15-9-14(10-17(21)25-4)7-8-16(15)26-11-13-5-6-13/h7-9,13,20H,5-6,10-12H2,1-4H3. The number of hydrogen-bond donors (Lipinski definition) is 1. The Morgan fingerprint density at radius 1 is 1.18 bits per heavy atom. The number of carbonyl (C=O) groups is 2. The van der Waals surface area contributed by atoms with E-state index in [9.17, 15) is 18.0 Å². The highest BCUT2D eigenvalue weighted by Gasteiger charge is 2.25. The topological polar surface area (TPSA) is 108 Å². The van der Waals surface area contributed by atoms with Crippen molar-refractivity contribution in [2.45, 2.75) is 45.6 Å². The summed E-state index contributed by atoms with van der Waals surface area (Å²) in [6.45, 7) is 5.46. The predicted octanol–water partition coefficient (Wildman–Crippen LogP) is 2.27. The summed E-state index contributed by atoms with van der Waals surface area (Å²) in [6, 6.07) is 4.78. The van der Waals surface area contributed by atoms with Crippen LogP contribution in [0.5, 0.6) is 5.75 Å². The third-order valence-corrected chi connectivity index (χ3v) is 4.93. The van der Waals surface area contributed by atoms with Crippen LogP contribution in [0.1, 0.15) is 39.2 Å². The van der Waals surface area contributed by atoms with Crippen LogP contribution in [0.4, 0.5) is 5.69 Å². The summed E-state index contributed by atoms with van der Waals surface area (Å²) in [7, 11) is -2.75. The van der Waals surface area contributed by atoms with E-state index in [4.69, 9.17) is 9.47 Å². The summed E-state index contributed by atoms with van der Waals surface area (Å²) in [5.41, 5.74) is -0.0582. The van der Waals surface area contributed by atoms with Crippen molar-refractivity contribution in [1.29, 1.82) is 0 Å². The van der Waals surface area contributed by atoms with Crippen LogP contribution in [0, 0.1) is 5.92 Å². The van der Waals surface area contributed by atoms with Crippen molar-refractivity contribution in [3.05, 3.63) is 23.8 Å². The largest absolute Gasteiger partial charge is 0.491 e. The van der Waals surface area contributed by atoms with Gasteiger partial charge in [0.1, 0.15) is 11.4 Å². The molecule has 1 fully saturated rings. The predicted molar refractivity (Wildman–Crippen MR) is 104 cm³/mol. The van der Waals surface area contributed by atoms with Gasteiger partial charge < -0.3 is 14.2 Å². The summed E-state index contributed by atoms with van der Waals surface area (Å²) in [4.78, 5) is 23.4. The first-order chi connectivity index (χ1) is 13.0. The Morgan fingerprint density at radius 2 is 1.86 bits per heavy atom. The SMILES string of the molecule is COC(=O)Cc1ccc(OCC2CC2)c(NS(=O)(=O)CC(=O)OC(C)(C)C)c1. The normalized spacial score (nSPS) is 14.3. The fourth-order valence-electron chi connectivity index (χ4n) is 2.35. The highest BCUT2D eigenvalue weighted by molar-refractivity contribution is 7.93. The highest BCUT2D eigenvalue weighted by atomic mass is 32.2. The summed E-state index contributed by atoms with van der Waals surface area (Å²) >= 11 is 0. The molecule has 0 heterocycles. The molecule has 0 unspecified atom stereocenters. The Balaban J connectivity index is 2.17. The first-order valence-corrected chi connectivity index (χ1v) is 10.7. The van der Waals surface area contributed by atoms with Crippen molar-refractivity contribution in [1.82, 2.24) is 0 Å². The minimum atomic E-state index is -4.02. The zero-order valence-electron chi connectivity index (χ0n) is 16.6. The molecule has 2 rings (SSSR count). The van der Waals surface area contributed by atoms with E-state index in [-0.39, 0.29) is 12.1 Å². The smallest absolute Gasteiger partial charge is 0.323 e. The maximum atomic E-state index is 12.4. The Hall–Kier alpha value is -2.29. The maximum absolute atomic E-state index is 12.4. The Morgan fingerprint density at radius 3 is 2.43 bits per heavy atom. The van der Waals surface area contributed by atoms with E-state index in [0.29, 0.717) is 23.8 Å². The van der Waals surface area contributed by atoms with Gasteiger partial charge in [0.15, 0.2) is 5.75 Å². The van der Waals surface area contributed by atoms with Gasteiger partial charge in [0.25, 0.3) is 0 Å². The van der Waals surface area contributed by atoms with Gasteiger partial charge in [0.2, 0.25) is 10.0 Å². The van der Waals surface area contributed by atoms with E-state index in [1.54, 1.807) is 32.9 Å². The number of carbonyl (C=O) groups excluding carboxylic acids is 2. The van der Waals surface area contributed by atoms with Crippen molar-refractivity contribution in [2.24, 2.45) is 5.92 Å². The monoisotopic (exact) mass is 413 g/mol. The minimum absolute atomic E-state index is 0.0137. The average Bonchev–Trinajstić information content (AvgIpc) is 3.35. The molecule has 0 bridgehead atoms. The average molecular weight is 413 g/mol. The first kappa shape index (κ1) is 22.0. The second-order valence-corrected chi connectivity index (χ2v) is 9.51. The molecule has 0 aliphatic heterocycles. The molecule has 1 aliphatic carbocycles. The van der Waals surface area contributed by atoms with Crippen LogP contribution in [-0.2, 0) is 35.5 Å². The summed E-state index contributed by atoms with van der Waals surface area (Å²) < 4.78 is 42.7. The molecule has 0 spiro atoms. The second kappa shape index (κ2) is 8.81. The number of nitrogens with one attached hydrogen (secondary N) is 1. The molecule has 1 aromatic carbocycles. The van der Waals surface area contributed by atoms with Gasteiger partial charge in [-0.25, -0.2) is 8.42 Å². The molecule has 1 N–H and O–H groups in total. The van der Waals surface area contributed by atoms with Crippen molar-refractivity contribution >= 4 is 27.6 Å². The molecule has 1 saturated carbocycles. The van der Waals surface area contributed by atoms with Crippen LogP contribution >= 0.6 is 0 Å². The van der Waals surface area contributed by atoms with Gasteiger partial charge in [-0.2, -0.15) is 0 Å². The van der Waals surface area contributed by atoms with E-state index in [0.717, 1.165) is 12.8 Å². The Bertz CT molecular complexity index is 823. The molecule has 0 radical (unpaired) electrons. The quantitative estimate of drug-likeness (QED) is 0.619. The van der Waals surface area contributed by atoms with E-state index in [2.05, 4.69) is 9.46 Å². The van der Waals surface area contributed by atoms with Gasteiger partial charge >= 0.3 is 11.9 Å². The lowest BCUT2D eigenvalue weighted by atomic mass is 10.1. The van der Waals surface area contributed by atoms with Crippen LogP contribution in [0.3, 0.4) is 0 Å². The minimum Gasteiger partial charge on any atom is -0.491 e. The van der Waals surface area contributed by atoms with Gasteiger partial charge in [-0.1, -0.05) is 6.07 Å². The number of esters is 2. The van der Waals surface area contributed by atoms with Gasteiger partial charge in [-0.05, 0) is 57.2 Å². The molecule has 0 saturated heterocycles. The molecule has 1 aliphatic rings. The van der Waals surface area contributed by atoms with Gasteiger partial charge in [0, 0.05) is 0 Å². The third-order valence-electron chi connectivity index (χ3n) is 3.78. The molecular weight excluding hydrogens is 386 g/mol. The first-order valence-electron chi connectivity index (χ1n) is 9.02. The maximum Gasteiger partial charge on any atom is 0.323 e. The molecule has 9 heteroatoms.